The van der Waals surface area contributed by atoms with Gasteiger partial charge in [-0.15, -0.1) is 11.3 Å². The van der Waals surface area contributed by atoms with Crippen molar-refractivity contribution in [3.8, 4) is 0 Å². The zero-order valence-corrected chi connectivity index (χ0v) is 15.2. The SMILES string of the molecule is Cc1cc(C(=O)NC(C)Cc2ccc(Br)cc2)sc1Br. The van der Waals surface area contributed by atoms with Crippen molar-refractivity contribution in [2.75, 3.05) is 0 Å². The Hall–Kier alpha value is -0.650. The zero-order chi connectivity index (χ0) is 14.7. The summed E-state index contributed by atoms with van der Waals surface area (Å²) < 4.78 is 2.08. The fourth-order valence-electron chi connectivity index (χ4n) is 1.89. The molecule has 1 aromatic heterocycles. The Bertz CT molecular complexity index is 587. The van der Waals surface area contributed by atoms with Crippen LogP contribution in [-0.2, 0) is 6.42 Å². The molecule has 1 amide bonds. The molecule has 0 spiro atoms. The molecule has 1 N–H and O–H groups in total. The molecule has 2 nitrogen and oxygen atoms in total. The second kappa shape index (κ2) is 6.87. The van der Waals surface area contributed by atoms with E-state index in [-0.39, 0.29) is 11.9 Å². The van der Waals surface area contributed by atoms with Gasteiger partial charge in [0.1, 0.15) is 0 Å². The summed E-state index contributed by atoms with van der Waals surface area (Å²) in [5.41, 5.74) is 2.31. The summed E-state index contributed by atoms with van der Waals surface area (Å²) in [5, 5.41) is 3.04. The van der Waals surface area contributed by atoms with Crippen LogP contribution >= 0.6 is 43.2 Å². The van der Waals surface area contributed by atoms with E-state index in [9.17, 15) is 4.79 Å². The topological polar surface area (TPSA) is 29.1 Å². The first kappa shape index (κ1) is 15.7. The molecule has 1 heterocycles. The van der Waals surface area contributed by atoms with Crippen molar-refractivity contribution >= 4 is 49.1 Å². The molecule has 0 aliphatic rings. The number of nitrogens with one attached hydrogen (secondary N) is 1. The van der Waals surface area contributed by atoms with Crippen LogP contribution in [0.15, 0.2) is 38.6 Å². The number of hydrogen-bond donors (Lipinski definition) is 1. The maximum absolute atomic E-state index is 12.1. The van der Waals surface area contributed by atoms with Crippen molar-refractivity contribution in [2.24, 2.45) is 0 Å². The van der Waals surface area contributed by atoms with E-state index in [1.807, 2.05) is 32.0 Å². The molecule has 2 rings (SSSR count). The Labute approximate surface area is 139 Å². The Morgan fingerprint density at radius 3 is 2.50 bits per heavy atom. The van der Waals surface area contributed by atoms with E-state index >= 15 is 0 Å². The molecule has 1 atom stereocenters. The van der Waals surface area contributed by atoms with E-state index in [4.69, 9.17) is 0 Å². The largest absolute Gasteiger partial charge is 0.349 e. The zero-order valence-electron chi connectivity index (χ0n) is 11.2. The number of carbonyl (C=O) groups is 1. The summed E-state index contributed by atoms with van der Waals surface area (Å²) >= 11 is 8.34. The highest BCUT2D eigenvalue weighted by Gasteiger charge is 2.14. The van der Waals surface area contributed by atoms with E-state index in [2.05, 4.69) is 49.3 Å². The number of carbonyl (C=O) groups excluding carboxylic acids is 1. The van der Waals surface area contributed by atoms with Gasteiger partial charge in [-0.1, -0.05) is 28.1 Å². The van der Waals surface area contributed by atoms with Gasteiger partial charge in [0.05, 0.1) is 8.66 Å². The minimum absolute atomic E-state index is 0.00610. The highest BCUT2D eigenvalue weighted by atomic mass is 79.9. The van der Waals surface area contributed by atoms with E-state index in [0.29, 0.717) is 0 Å². The molecular weight excluding hydrogens is 402 g/mol. The molecule has 0 radical (unpaired) electrons. The van der Waals surface area contributed by atoms with Crippen LogP contribution in [0.4, 0.5) is 0 Å². The number of hydrogen-bond acceptors (Lipinski definition) is 2. The monoisotopic (exact) mass is 415 g/mol. The van der Waals surface area contributed by atoms with Crippen LogP contribution in [0.25, 0.3) is 0 Å². The van der Waals surface area contributed by atoms with Gasteiger partial charge in [0.25, 0.3) is 5.91 Å². The molecule has 0 fully saturated rings. The number of halogens is 2. The first-order valence-electron chi connectivity index (χ1n) is 6.27. The van der Waals surface area contributed by atoms with Crippen molar-refractivity contribution in [1.82, 2.24) is 5.32 Å². The molecule has 0 saturated heterocycles. The number of amides is 1. The fraction of sp³-hybridized carbons (Fsp3) is 0.267. The van der Waals surface area contributed by atoms with Crippen LogP contribution in [-0.4, -0.2) is 11.9 Å². The molecule has 1 unspecified atom stereocenters. The van der Waals surface area contributed by atoms with Crippen LogP contribution < -0.4 is 5.32 Å². The maximum Gasteiger partial charge on any atom is 0.261 e. The van der Waals surface area contributed by atoms with Gasteiger partial charge < -0.3 is 5.32 Å². The predicted octanol–water partition coefficient (Wildman–Crippen LogP) is 4.94. The molecule has 2 aromatic rings. The minimum Gasteiger partial charge on any atom is -0.349 e. The van der Waals surface area contributed by atoms with E-state index < -0.39 is 0 Å². The van der Waals surface area contributed by atoms with Crippen LogP contribution in [0.2, 0.25) is 0 Å². The van der Waals surface area contributed by atoms with Gasteiger partial charge >= 0.3 is 0 Å². The standard InChI is InChI=1S/C15H15Br2NOS/c1-9-7-13(20-14(9)17)15(19)18-10(2)8-11-3-5-12(16)6-4-11/h3-7,10H,8H2,1-2H3,(H,18,19). The third-order valence-corrected chi connectivity index (χ3v) is 5.58. The molecule has 5 heteroatoms. The van der Waals surface area contributed by atoms with Gasteiger partial charge in [0.15, 0.2) is 0 Å². The lowest BCUT2D eigenvalue weighted by Crippen LogP contribution is -2.33. The van der Waals surface area contributed by atoms with Gasteiger partial charge in [-0.25, -0.2) is 0 Å². The van der Waals surface area contributed by atoms with Crippen molar-refractivity contribution in [1.29, 1.82) is 0 Å². The Morgan fingerprint density at radius 1 is 1.30 bits per heavy atom. The van der Waals surface area contributed by atoms with E-state index in [1.54, 1.807) is 0 Å². The molecule has 1 aromatic carbocycles. The molecule has 106 valence electrons. The number of aryl methyl sites for hydroxylation is 1. The number of benzene rings is 1. The third-order valence-electron chi connectivity index (χ3n) is 2.91. The van der Waals surface area contributed by atoms with Crippen LogP contribution in [0.5, 0.6) is 0 Å². The van der Waals surface area contributed by atoms with Crippen LogP contribution in [0, 0.1) is 6.92 Å². The van der Waals surface area contributed by atoms with Crippen LogP contribution in [0.3, 0.4) is 0 Å². The van der Waals surface area contributed by atoms with Gasteiger partial charge in [-0.2, -0.15) is 0 Å². The quantitative estimate of drug-likeness (QED) is 0.750. The van der Waals surface area contributed by atoms with Gasteiger partial charge in [0.2, 0.25) is 0 Å². The first-order valence-corrected chi connectivity index (χ1v) is 8.67. The first-order chi connectivity index (χ1) is 9.45. The summed E-state index contributed by atoms with van der Waals surface area (Å²) in [6.07, 6.45) is 0.824. The lowest BCUT2D eigenvalue weighted by atomic mass is 10.1. The average molecular weight is 417 g/mol. The fourth-order valence-corrected chi connectivity index (χ4v) is 3.59. The van der Waals surface area contributed by atoms with Gasteiger partial charge in [0, 0.05) is 10.5 Å². The van der Waals surface area contributed by atoms with Crippen molar-refractivity contribution in [3.05, 3.63) is 54.6 Å². The number of rotatable bonds is 4. The Morgan fingerprint density at radius 2 is 1.95 bits per heavy atom. The van der Waals surface area contributed by atoms with Crippen LogP contribution in [0.1, 0.15) is 27.7 Å². The lowest BCUT2D eigenvalue weighted by Gasteiger charge is -2.13. The molecule has 0 aliphatic heterocycles. The molecular formula is C15H15Br2NOS. The van der Waals surface area contributed by atoms with Crippen molar-refractivity contribution in [3.63, 3.8) is 0 Å². The Balaban J connectivity index is 1.95. The van der Waals surface area contributed by atoms with Gasteiger partial charge in [-0.05, 0) is 65.5 Å². The second-order valence-electron chi connectivity index (χ2n) is 4.77. The number of thiophene rings is 1. The molecule has 0 aliphatic carbocycles. The summed E-state index contributed by atoms with van der Waals surface area (Å²) in [6, 6.07) is 10.2. The molecule has 0 saturated carbocycles. The minimum atomic E-state index is -0.00610. The van der Waals surface area contributed by atoms with Crippen molar-refractivity contribution in [2.45, 2.75) is 26.3 Å². The van der Waals surface area contributed by atoms with E-state index in [0.717, 1.165) is 25.1 Å². The second-order valence-corrected chi connectivity index (χ2v) is 8.06. The highest BCUT2D eigenvalue weighted by molar-refractivity contribution is 9.11. The maximum atomic E-state index is 12.1. The predicted molar refractivity (Wildman–Crippen MR) is 91.5 cm³/mol. The highest BCUT2D eigenvalue weighted by Crippen LogP contribution is 2.27. The summed E-state index contributed by atoms with van der Waals surface area (Å²) in [5.74, 6) is -0.00610. The summed E-state index contributed by atoms with van der Waals surface area (Å²) in [4.78, 5) is 12.9. The molecule has 20 heavy (non-hydrogen) atoms. The third kappa shape index (κ3) is 4.17. The summed E-state index contributed by atoms with van der Waals surface area (Å²) in [6.45, 7) is 4.01. The molecule has 0 bridgehead atoms. The lowest BCUT2D eigenvalue weighted by molar-refractivity contribution is 0.0944. The van der Waals surface area contributed by atoms with E-state index in [1.165, 1.54) is 16.9 Å². The Kier molecular flexibility index (Phi) is 5.41. The van der Waals surface area contributed by atoms with Crippen molar-refractivity contribution < 1.29 is 4.79 Å². The summed E-state index contributed by atoms with van der Waals surface area (Å²) in [7, 11) is 0. The average Bonchev–Trinajstić information content (AvgIpc) is 2.72. The van der Waals surface area contributed by atoms with Gasteiger partial charge in [-0.3, -0.25) is 4.79 Å². The smallest absolute Gasteiger partial charge is 0.261 e. The normalized spacial score (nSPS) is 12.2.